The van der Waals surface area contributed by atoms with E-state index in [-0.39, 0.29) is 56.5 Å². The van der Waals surface area contributed by atoms with Gasteiger partial charge in [-0.1, -0.05) is 67.8 Å². The number of carboxylic acid groups (broad SMARTS) is 3. The molecule has 0 spiro atoms. The van der Waals surface area contributed by atoms with Gasteiger partial charge >= 0.3 is 17.9 Å². The first kappa shape index (κ1) is 27.3. The van der Waals surface area contributed by atoms with E-state index in [2.05, 4.69) is 0 Å². The van der Waals surface area contributed by atoms with Crippen LogP contribution in [0.4, 0.5) is 0 Å². The molecule has 0 heterocycles. The molecule has 0 saturated heterocycles. The van der Waals surface area contributed by atoms with Crippen LogP contribution in [0, 0.1) is 0 Å². The molecule has 0 aliphatic heterocycles. The Bertz CT molecular complexity index is 365. The molecule has 12 heteroatoms. The lowest BCUT2D eigenvalue weighted by molar-refractivity contribution is -0.146. The summed E-state index contributed by atoms with van der Waals surface area (Å²) in [7, 11) is 0. The Balaban J connectivity index is -0.00000108. The molecule has 0 aromatic rings. The molecule has 1 fully saturated rings. The summed E-state index contributed by atoms with van der Waals surface area (Å²) in [6.45, 7) is 0. The zero-order chi connectivity index (χ0) is 14.4. The van der Waals surface area contributed by atoms with Gasteiger partial charge in [-0.25, -0.2) is 0 Å². The first-order valence-corrected chi connectivity index (χ1v) is 7.96. The fourth-order valence-electron chi connectivity index (χ4n) is 1.97. The number of alkyl halides is 3. The fraction of sp³-hybridized carbons (Fsp3) is 0.667. The Labute approximate surface area is 180 Å². The highest BCUT2D eigenvalue weighted by Crippen LogP contribution is 2.54. The van der Waals surface area contributed by atoms with E-state index in [1.165, 1.54) is 0 Å². The molecule has 3 N–H and O–H groups in total. The van der Waals surface area contributed by atoms with Gasteiger partial charge in [0.05, 0.1) is 0 Å². The van der Waals surface area contributed by atoms with Gasteiger partial charge in [-0.2, -0.15) is 0 Å². The number of carbonyl (C=O) groups is 3. The molecule has 0 unspecified atom stereocenters. The van der Waals surface area contributed by atoms with Crippen LogP contribution in [-0.2, 0) is 14.4 Å². The predicted molar refractivity (Wildman–Crippen MR) is 109 cm³/mol. The van der Waals surface area contributed by atoms with Crippen molar-refractivity contribution in [2.45, 2.75) is 29.5 Å². The van der Waals surface area contributed by atoms with Gasteiger partial charge < -0.3 is 15.3 Å². The van der Waals surface area contributed by atoms with Crippen molar-refractivity contribution < 1.29 is 29.7 Å². The highest BCUT2D eigenvalue weighted by molar-refractivity contribution is 14.1. The quantitative estimate of drug-likeness (QED) is 0.308. The van der Waals surface area contributed by atoms with Crippen LogP contribution in [-0.4, -0.2) is 43.5 Å². The second-order valence-electron chi connectivity index (χ2n) is 4.34. The molecule has 126 valence electrons. The Hall–Kier alpha value is 1.47. The summed E-state index contributed by atoms with van der Waals surface area (Å²) in [6, 6.07) is 0. The van der Waals surface area contributed by atoms with Gasteiger partial charge in [0.25, 0.3) is 0 Å². The number of hydrogen-bond acceptors (Lipinski definition) is 3. The van der Waals surface area contributed by atoms with Crippen LogP contribution in [0.1, 0.15) is 19.3 Å². The first-order chi connectivity index (χ1) is 7.95. The molecule has 1 aliphatic rings. The smallest absolute Gasteiger partial charge is 0.319 e. The van der Waals surface area contributed by atoms with Crippen molar-refractivity contribution >= 4 is 123 Å². The third kappa shape index (κ3) is 5.80. The zero-order valence-corrected chi connectivity index (χ0v) is 19.0. The van der Waals surface area contributed by atoms with Crippen LogP contribution in [0.2, 0.25) is 0 Å². The Morgan fingerprint density at radius 1 is 0.619 bits per heavy atom. The monoisotopic (exact) mass is 702 g/mol. The molecular formula is C9H12Cl3I3O6. The van der Waals surface area contributed by atoms with E-state index in [0.29, 0.717) is 0 Å². The Morgan fingerprint density at radius 2 is 0.762 bits per heavy atom. The van der Waals surface area contributed by atoms with Crippen molar-refractivity contribution in [2.24, 2.45) is 0 Å². The van der Waals surface area contributed by atoms with Gasteiger partial charge in [-0.15, -0.1) is 37.2 Å². The van der Waals surface area contributed by atoms with Gasteiger partial charge in [-0.3, -0.25) is 14.4 Å². The van der Waals surface area contributed by atoms with Crippen LogP contribution in [0.15, 0.2) is 0 Å². The maximum Gasteiger partial charge on any atom is 0.319 e. The lowest BCUT2D eigenvalue weighted by Gasteiger charge is -2.44. The van der Waals surface area contributed by atoms with E-state index in [4.69, 9.17) is 0 Å². The number of rotatable bonds is 3. The van der Waals surface area contributed by atoms with Crippen LogP contribution < -0.4 is 0 Å². The molecule has 1 saturated carbocycles. The summed E-state index contributed by atoms with van der Waals surface area (Å²) in [4.78, 5) is 33.9. The molecule has 0 aromatic carbocycles. The number of aliphatic carboxylic acids is 3. The second-order valence-corrected chi connectivity index (χ2v) is 10.5. The molecule has 6 nitrogen and oxygen atoms in total. The van der Waals surface area contributed by atoms with E-state index in [1.807, 2.05) is 0 Å². The van der Waals surface area contributed by atoms with Crippen molar-refractivity contribution in [3.63, 3.8) is 0 Å². The van der Waals surface area contributed by atoms with Crippen molar-refractivity contribution in [1.82, 2.24) is 0 Å². The fourth-order valence-corrected chi connectivity index (χ4v) is 8.07. The third-order valence-electron chi connectivity index (χ3n) is 2.83. The molecule has 0 radical (unpaired) electrons. The van der Waals surface area contributed by atoms with Crippen molar-refractivity contribution in [2.75, 3.05) is 0 Å². The minimum Gasteiger partial charge on any atom is -0.480 e. The van der Waals surface area contributed by atoms with Gasteiger partial charge in [0.15, 0.2) is 0 Å². The summed E-state index contributed by atoms with van der Waals surface area (Å²) < 4.78 is -4.14. The molecule has 0 bridgehead atoms. The molecule has 0 aromatic heterocycles. The van der Waals surface area contributed by atoms with Gasteiger partial charge in [0.2, 0.25) is 0 Å². The van der Waals surface area contributed by atoms with Crippen molar-refractivity contribution in [3.8, 4) is 0 Å². The molecule has 0 atom stereocenters. The molecule has 1 aliphatic carbocycles. The minimum atomic E-state index is -1.38. The van der Waals surface area contributed by atoms with E-state index >= 15 is 0 Å². The molecule has 0 amide bonds. The number of hydrogen-bond donors (Lipinski definition) is 3. The molecule has 21 heavy (non-hydrogen) atoms. The molecular weight excluding hydrogens is 691 g/mol. The summed E-state index contributed by atoms with van der Waals surface area (Å²) in [5, 5.41) is 27.7. The average molecular weight is 703 g/mol. The van der Waals surface area contributed by atoms with Gasteiger partial charge in [0.1, 0.15) is 10.3 Å². The highest BCUT2D eigenvalue weighted by atomic mass is 127. The van der Waals surface area contributed by atoms with Gasteiger partial charge in [0, 0.05) is 0 Å². The standard InChI is InChI=1S/C9H9I3O6.3ClH/c10-7(4(13)14)1-8(11,5(15)16)3-9(12,2-7)6(17)18;;;/h1-3H2,(H,13,14)(H,15,16)(H,17,18);3*1H. The van der Waals surface area contributed by atoms with E-state index < -0.39 is 28.2 Å². The lowest BCUT2D eigenvalue weighted by Crippen LogP contribution is -2.57. The first-order valence-electron chi connectivity index (χ1n) is 4.72. The summed E-state index contributed by atoms with van der Waals surface area (Å²) in [6.07, 6.45) is -0.280. The van der Waals surface area contributed by atoms with E-state index in [1.54, 1.807) is 67.8 Å². The predicted octanol–water partition coefficient (Wildman–Crippen LogP) is 3.21. The number of halogens is 6. The summed E-state index contributed by atoms with van der Waals surface area (Å²) in [5.74, 6) is -3.52. The minimum absolute atomic E-state index is 0. The topological polar surface area (TPSA) is 112 Å². The second kappa shape index (κ2) is 9.08. The maximum atomic E-state index is 11.3. The Morgan fingerprint density at radius 3 is 0.857 bits per heavy atom. The molecule has 1 rings (SSSR count). The maximum absolute atomic E-state index is 11.3. The number of carboxylic acids is 3. The van der Waals surface area contributed by atoms with Crippen molar-refractivity contribution in [3.05, 3.63) is 0 Å². The third-order valence-corrected chi connectivity index (χ3v) is 6.50. The Kier molecular flexibility index (Phi) is 11.8. The normalized spacial score (nSPS) is 34.4. The average Bonchev–Trinajstić information content (AvgIpc) is 2.14. The van der Waals surface area contributed by atoms with Crippen LogP contribution >= 0.6 is 105 Å². The zero-order valence-electron chi connectivity index (χ0n) is 10.0. The lowest BCUT2D eigenvalue weighted by atomic mass is 9.75. The van der Waals surface area contributed by atoms with Crippen molar-refractivity contribution in [1.29, 1.82) is 0 Å². The van der Waals surface area contributed by atoms with Crippen LogP contribution in [0.3, 0.4) is 0 Å². The van der Waals surface area contributed by atoms with E-state index in [9.17, 15) is 29.7 Å². The van der Waals surface area contributed by atoms with E-state index in [0.717, 1.165) is 0 Å². The van der Waals surface area contributed by atoms with Crippen LogP contribution in [0.25, 0.3) is 0 Å². The van der Waals surface area contributed by atoms with Gasteiger partial charge in [-0.05, 0) is 19.3 Å². The summed E-state index contributed by atoms with van der Waals surface area (Å²) in [5.41, 5.74) is 0. The van der Waals surface area contributed by atoms with Crippen LogP contribution in [0.5, 0.6) is 0 Å². The highest BCUT2D eigenvalue weighted by Gasteiger charge is 2.61. The largest absolute Gasteiger partial charge is 0.480 e. The summed E-state index contributed by atoms with van der Waals surface area (Å²) >= 11 is 4.98. The SMILES string of the molecule is Cl.Cl.Cl.O=C(O)C1(I)CC(I)(C(=O)O)CC(I)(C(=O)O)C1.